The van der Waals surface area contributed by atoms with E-state index in [0.29, 0.717) is 28.1 Å². The number of anilines is 1. The van der Waals surface area contributed by atoms with E-state index >= 15 is 0 Å². The minimum Gasteiger partial charge on any atom is -0.497 e. The van der Waals surface area contributed by atoms with E-state index in [0.717, 1.165) is 11.3 Å². The Morgan fingerprint density at radius 3 is 2.76 bits per heavy atom. The number of methoxy groups -OCH3 is 1. The number of thioether (sulfide) groups is 1. The summed E-state index contributed by atoms with van der Waals surface area (Å²) in [6.07, 6.45) is 0. The Bertz CT molecular complexity index is 1080. The highest BCUT2D eigenvalue weighted by Gasteiger charge is 2.33. The zero-order valence-corrected chi connectivity index (χ0v) is 16.9. The van der Waals surface area contributed by atoms with E-state index in [1.165, 1.54) is 5.56 Å². The van der Waals surface area contributed by atoms with Crippen molar-refractivity contribution in [3.05, 3.63) is 77.0 Å². The van der Waals surface area contributed by atoms with Crippen molar-refractivity contribution in [1.29, 1.82) is 0 Å². The summed E-state index contributed by atoms with van der Waals surface area (Å²) in [5.41, 5.74) is 8.89. The fourth-order valence-corrected chi connectivity index (χ4v) is 4.14. The van der Waals surface area contributed by atoms with Crippen LogP contribution in [0.15, 0.2) is 71.0 Å². The molecular weight excluding hydrogens is 386 g/mol. The van der Waals surface area contributed by atoms with Crippen LogP contribution in [0.2, 0.25) is 0 Å². The second-order valence-electron chi connectivity index (χ2n) is 6.64. The molecule has 3 N–H and O–H groups in total. The second kappa shape index (κ2) is 8.00. The van der Waals surface area contributed by atoms with Crippen LogP contribution in [0.1, 0.15) is 24.1 Å². The van der Waals surface area contributed by atoms with Crippen molar-refractivity contribution in [2.24, 2.45) is 5.73 Å². The van der Waals surface area contributed by atoms with Crippen LogP contribution >= 0.6 is 11.8 Å². The van der Waals surface area contributed by atoms with E-state index in [9.17, 15) is 4.79 Å². The molecule has 1 atom stereocenters. The van der Waals surface area contributed by atoms with Crippen molar-refractivity contribution < 1.29 is 9.53 Å². The van der Waals surface area contributed by atoms with Crippen LogP contribution in [0, 0.1) is 0 Å². The average molecular weight is 407 g/mol. The van der Waals surface area contributed by atoms with Gasteiger partial charge in [0.2, 0.25) is 17.0 Å². The Morgan fingerprint density at radius 2 is 2.03 bits per heavy atom. The summed E-state index contributed by atoms with van der Waals surface area (Å²) >= 11 is 1.54. The van der Waals surface area contributed by atoms with E-state index in [4.69, 9.17) is 10.5 Å². The van der Waals surface area contributed by atoms with Crippen molar-refractivity contribution in [2.45, 2.75) is 23.9 Å². The number of allylic oxidation sites excluding steroid dienone is 1. The number of fused-ring (bicyclic) bond motifs is 1. The fraction of sp³-hybridized carbons (Fsp3) is 0.190. The number of benzene rings is 2. The average Bonchev–Trinajstić information content (AvgIpc) is 3.14. The lowest BCUT2D eigenvalue weighted by atomic mass is 9.95. The molecule has 148 valence electrons. The van der Waals surface area contributed by atoms with E-state index in [1.807, 2.05) is 49.4 Å². The molecule has 1 aliphatic heterocycles. The van der Waals surface area contributed by atoms with Crippen LogP contribution in [0.3, 0.4) is 0 Å². The van der Waals surface area contributed by atoms with Gasteiger partial charge in [-0.2, -0.15) is 4.98 Å². The molecule has 1 amide bonds. The van der Waals surface area contributed by atoms with Gasteiger partial charge in [-0.15, -0.1) is 5.10 Å². The number of hydrogen-bond donors (Lipinski definition) is 2. The van der Waals surface area contributed by atoms with Crippen molar-refractivity contribution in [1.82, 2.24) is 14.8 Å². The van der Waals surface area contributed by atoms with Gasteiger partial charge in [0.05, 0.1) is 12.7 Å². The third-order valence-corrected chi connectivity index (χ3v) is 5.63. The first-order valence-electron chi connectivity index (χ1n) is 9.11. The molecule has 2 heterocycles. The predicted octanol–water partition coefficient (Wildman–Crippen LogP) is 3.35. The van der Waals surface area contributed by atoms with Gasteiger partial charge in [0.25, 0.3) is 0 Å². The minimum absolute atomic E-state index is 0.454. The number of ether oxygens (including phenoxy) is 1. The third-order valence-electron chi connectivity index (χ3n) is 4.72. The number of amides is 1. The van der Waals surface area contributed by atoms with Crippen molar-refractivity contribution >= 4 is 23.6 Å². The topological polar surface area (TPSA) is 95.1 Å². The highest BCUT2D eigenvalue weighted by atomic mass is 32.2. The Hall–Kier alpha value is -3.26. The molecule has 0 radical (unpaired) electrons. The van der Waals surface area contributed by atoms with Crippen molar-refractivity contribution in [2.75, 3.05) is 12.4 Å². The molecule has 0 unspecified atom stereocenters. The normalized spacial score (nSPS) is 15.6. The van der Waals surface area contributed by atoms with Crippen LogP contribution in [0.5, 0.6) is 5.75 Å². The maximum absolute atomic E-state index is 12.3. The lowest BCUT2D eigenvalue weighted by Crippen LogP contribution is -2.31. The largest absolute Gasteiger partial charge is 0.497 e. The molecule has 1 aliphatic rings. The molecule has 0 aliphatic carbocycles. The summed E-state index contributed by atoms with van der Waals surface area (Å²) in [6, 6.07) is 17.2. The summed E-state index contributed by atoms with van der Waals surface area (Å²) in [4.78, 5) is 16.9. The van der Waals surface area contributed by atoms with E-state index < -0.39 is 11.9 Å². The van der Waals surface area contributed by atoms with Crippen LogP contribution in [0.4, 0.5) is 5.95 Å². The second-order valence-corrected chi connectivity index (χ2v) is 7.59. The van der Waals surface area contributed by atoms with Gasteiger partial charge in [-0.25, -0.2) is 4.68 Å². The Morgan fingerprint density at radius 1 is 1.24 bits per heavy atom. The van der Waals surface area contributed by atoms with E-state index in [-0.39, 0.29) is 0 Å². The number of hydrogen-bond acceptors (Lipinski definition) is 6. The maximum atomic E-state index is 12.3. The number of carbonyl (C=O) groups is 1. The van der Waals surface area contributed by atoms with E-state index in [1.54, 1.807) is 23.6 Å². The molecule has 8 heteroatoms. The number of aromatic nitrogens is 3. The number of nitrogens with one attached hydrogen (secondary N) is 1. The molecule has 0 spiro atoms. The predicted molar refractivity (Wildman–Crippen MR) is 113 cm³/mol. The first kappa shape index (κ1) is 19.1. The molecule has 0 saturated heterocycles. The first-order chi connectivity index (χ1) is 14.1. The summed E-state index contributed by atoms with van der Waals surface area (Å²) in [6.45, 7) is 1.82. The van der Waals surface area contributed by atoms with Gasteiger partial charge >= 0.3 is 0 Å². The summed E-state index contributed by atoms with van der Waals surface area (Å²) in [7, 11) is 1.61. The monoisotopic (exact) mass is 407 g/mol. The molecule has 0 fully saturated rings. The van der Waals surface area contributed by atoms with Gasteiger partial charge in [0.15, 0.2) is 0 Å². The number of nitrogens with zero attached hydrogens (tertiary/aromatic N) is 3. The van der Waals surface area contributed by atoms with Gasteiger partial charge in [0, 0.05) is 11.4 Å². The number of rotatable bonds is 6. The molecule has 0 bridgehead atoms. The zero-order chi connectivity index (χ0) is 20.4. The lowest BCUT2D eigenvalue weighted by molar-refractivity contribution is -0.115. The smallest absolute Gasteiger partial charge is 0.248 e. The molecule has 2 aromatic carbocycles. The van der Waals surface area contributed by atoms with E-state index in [2.05, 4.69) is 27.5 Å². The minimum atomic E-state index is -0.498. The van der Waals surface area contributed by atoms with Gasteiger partial charge in [-0.05, 0) is 30.2 Å². The van der Waals surface area contributed by atoms with Gasteiger partial charge in [0.1, 0.15) is 11.8 Å². The fourth-order valence-electron chi connectivity index (χ4n) is 3.35. The molecule has 0 saturated carbocycles. The highest BCUT2D eigenvalue weighted by molar-refractivity contribution is 7.98. The summed E-state index contributed by atoms with van der Waals surface area (Å²) < 4.78 is 7.07. The standard InChI is InChI=1S/C21H21N5O2S/c1-13-17(19(22)27)18(15-9-6-10-16(11-15)28-2)26-20(23-13)24-21(25-26)29-12-14-7-4-3-5-8-14/h3-11,18H,12H2,1-2H3,(H2,22,27)(H,23,24,25)/t18-/m1/s1. The van der Waals surface area contributed by atoms with Gasteiger partial charge in [-0.1, -0.05) is 54.2 Å². The number of carbonyl (C=O) groups excluding carboxylic acids is 1. The van der Waals surface area contributed by atoms with Crippen LogP contribution in [0.25, 0.3) is 0 Å². The molecule has 1 aromatic heterocycles. The van der Waals surface area contributed by atoms with Gasteiger partial charge < -0.3 is 15.8 Å². The lowest BCUT2D eigenvalue weighted by Gasteiger charge is -2.27. The van der Waals surface area contributed by atoms with Crippen molar-refractivity contribution in [3.63, 3.8) is 0 Å². The first-order valence-corrected chi connectivity index (χ1v) is 10.1. The SMILES string of the molecule is COc1cccc([C@@H]2C(C(N)=O)=C(C)Nc3nc(SCc4ccccc4)nn32)c1. The molecule has 29 heavy (non-hydrogen) atoms. The Kier molecular flexibility index (Phi) is 5.26. The Labute approximate surface area is 173 Å². The van der Waals surface area contributed by atoms with Crippen molar-refractivity contribution in [3.8, 4) is 5.75 Å². The highest BCUT2D eigenvalue weighted by Crippen LogP contribution is 2.37. The number of nitrogens with two attached hydrogens (primary N) is 1. The molecule has 4 rings (SSSR count). The molecular formula is C21H21N5O2S. The summed E-state index contributed by atoms with van der Waals surface area (Å²) in [5, 5.41) is 8.46. The van der Waals surface area contributed by atoms with Crippen LogP contribution in [-0.4, -0.2) is 27.8 Å². The quantitative estimate of drug-likeness (QED) is 0.609. The summed E-state index contributed by atoms with van der Waals surface area (Å²) in [5.74, 6) is 1.53. The van der Waals surface area contributed by atoms with Crippen LogP contribution in [-0.2, 0) is 10.5 Å². The van der Waals surface area contributed by atoms with Gasteiger partial charge in [-0.3, -0.25) is 4.79 Å². The molecule has 3 aromatic rings. The third kappa shape index (κ3) is 3.84. The molecule has 7 nitrogen and oxygen atoms in total. The maximum Gasteiger partial charge on any atom is 0.248 e. The number of primary amides is 1. The van der Waals surface area contributed by atoms with Crippen LogP contribution < -0.4 is 15.8 Å². The Balaban J connectivity index is 1.71. The zero-order valence-electron chi connectivity index (χ0n) is 16.1.